The maximum absolute atomic E-state index is 16.9. The largest absolute Gasteiger partial charge is 0.640 e. The number of halogens is 3. The summed E-state index contributed by atoms with van der Waals surface area (Å²) in [6.07, 6.45) is 1.47. The Morgan fingerprint density at radius 3 is 1.50 bits per heavy atom. The molecule has 1 aromatic heterocycles. The molecule has 0 bridgehead atoms. The number of hydrogen-bond acceptors (Lipinski definition) is 7. The number of hydrogen-bond donors (Lipinski definition) is 0. The van der Waals surface area contributed by atoms with Crippen LogP contribution in [0.2, 0.25) is 5.15 Å². The average Bonchev–Trinajstić information content (AvgIpc) is 3.65. The molecule has 1 fully saturated rings. The van der Waals surface area contributed by atoms with Gasteiger partial charge in [0.25, 0.3) is 0 Å². The smallest absolute Gasteiger partial charge is 0.444 e. The summed E-state index contributed by atoms with van der Waals surface area (Å²) >= 11 is 6.48. The van der Waals surface area contributed by atoms with Crippen molar-refractivity contribution in [2.75, 3.05) is 52.4 Å². The van der Waals surface area contributed by atoms with Gasteiger partial charge in [0, 0.05) is 43.5 Å². The van der Waals surface area contributed by atoms with Crippen molar-refractivity contribution in [1.82, 2.24) is 24.1 Å². The van der Waals surface area contributed by atoms with Gasteiger partial charge in [0.05, 0.1) is 23.9 Å². The van der Waals surface area contributed by atoms with Crippen LogP contribution in [0.1, 0.15) is 73.6 Å². The van der Waals surface area contributed by atoms with Gasteiger partial charge < -0.3 is 46.5 Å². The van der Waals surface area contributed by atoms with Crippen molar-refractivity contribution in [3.63, 3.8) is 0 Å². The van der Waals surface area contributed by atoms with E-state index in [0.717, 1.165) is 14.5 Å². The zero-order valence-corrected chi connectivity index (χ0v) is 33.5. The predicted molar refractivity (Wildman–Crippen MR) is 205 cm³/mol. The Bertz CT molecular complexity index is 1800. The first kappa shape index (κ1) is 40.7. The number of benzene rings is 1. The average molecular weight is 773 g/mol. The Labute approximate surface area is 321 Å². The van der Waals surface area contributed by atoms with Crippen LogP contribution in [0.15, 0.2) is 60.3 Å². The van der Waals surface area contributed by atoms with Crippen LogP contribution in [0.4, 0.5) is 23.0 Å². The maximum Gasteiger partial charge on any atom is 0.640 e. The molecular formula is C38H52BClF2N6O6. The summed E-state index contributed by atoms with van der Waals surface area (Å²) in [6.45, 7) is 11.8. The van der Waals surface area contributed by atoms with Crippen molar-refractivity contribution in [1.29, 1.82) is 0 Å². The number of nitrogens with zero attached hydrogens (tertiary/aromatic N) is 6. The molecule has 0 unspecified atom stereocenters. The molecule has 3 aliphatic heterocycles. The second-order valence-electron chi connectivity index (χ2n) is 16.6. The monoisotopic (exact) mass is 772 g/mol. The van der Waals surface area contributed by atoms with Crippen LogP contribution in [-0.2, 0) is 14.2 Å². The summed E-state index contributed by atoms with van der Waals surface area (Å²) in [4.78, 5) is 46.8. The highest BCUT2D eigenvalue weighted by molar-refractivity contribution is 6.59. The lowest BCUT2D eigenvalue weighted by Crippen LogP contribution is -2.56. The van der Waals surface area contributed by atoms with Gasteiger partial charge in [0.2, 0.25) is 5.84 Å². The van der Waals surface area contributed by atoms with Crippen molar-refractivity contribution < 1.29 is 41.7 Å². The van der Waals surface area contributed by atoms with E-state index in [9.17, 15) is 14.4 Å². The molecule has 3 aliphatic rings. The normalized spacial score (nSPS) is 18.5. The summed E-state index contributed by atoms with van der Waals surface area (Å²) in [5, 5.41) is -0.107. The topological polar surface area (TPSA) is 99.8 Å². The SMILES string of the molecule is CC(C)(C)OC(=O)N1CCN(C(=O)OC(C)(C)C)CCN(C2=[N+]3C(=C(c4ccccc4)c4ccc(Cl)n4[B-]3(F)F)C=C2)CCN(C(=O)OC(C)(C)C)CC1. The zero-order valence-electron chi connectivity index (χ0n) is 32.7. The number of carbonyl (C=O) groups excluding carboxylic acids is 3. The molecule has 1 aromatic carbocycles. The van der Waals surface area contributed by atoms with Crippen LogP contribution < -0.4 is 0 Å². The Balaban J connectivity index is 1.60. The van der Waals surface area contributed by atoms with Crippen LogP contribution in [0.25, 0.3) is 5.57 Å². The van der Waals surface area contributed by atoms with Crippen LogP contribution in [0.3, 0.4) is 0 Å². The van der Waals surface area contributed by atoms with E-state index in [1.807, 2.05) is 30.3 Å². The quantitative estimate of drug-likeness (QED) is 0.225. The lowest BCUT2D eigenvalue weighted by molar-refractivity contribution is -0.368. The minimum absolute atomic E-state index is 0.0490. The molecule has 0 saturated carbocycles. The predicted octanol–water partition coefficient (Wildman–Crippen LogP) is 7.14. The van der Waals surface area contributed by atoms with E-state index in [-0.39, 0.29) is 63.3 Å². The minimum atomic E-state index is -4.50. The molecule has 12 nitrogen and oxygen atoms in total. The molecule has 0 spiro atoms. The first-order valence-electron chi connectivity index (χ1n) is 18.3. The summed E-state index contributed by atoms with van der Waals surface area (Å²) < 4.78 is 52.9. The molecule has 4 heterocycles. The van der Waals surface area contributed by atoms with Gasteiger partial charge in [-0.2, -0.15) is 0 Å². The fourth-order valence-corrected chi connectivity index (χ4v) is 6.76. The number of carbonyl (C=O) groups is 3. The van der Waals surface area contributed by atoms with Gasteiger partial charge in [-0.25, -0.2) is 14.4 Å². The Kier molecular flexibility index (Phi) is 11.5. The molecule has 0 radical (unpaired) electrons. The van der Waals surface area contributed by atoms with Gasteiger partial charge in [-0.3, -0.25) is 4.90 Å². The number of allylic oxidation sites excluding steroid dienone is 1. The van der Waals surface area contributed by atoms with E-state index in [1.165, 1.54) is 20.8 Å². The maximum atomic E-state index is 16.9. The van der Waals surface area contributed by atoms with Crippen molar-refractivity contribution in [3.05, 3.63) is 76.7 Å². The van der Waals surface area contributed by atoms with Crippen LogP contribution >= 0.6 is 11.6 Å². The number of ether oxygens (including phenoxy) is 3. The lowest BCUT2D eigenvalue weighted by atomic mass is 9.86. The van der Waals surface area contributed by atoms with Gasteiger partial charge in [-0.1, -0.05) is 41.9 Å². The third kappa shape index (κ3) is 9.39. The van der Waals surface area contributed by atoms with Crippen LogP contribution in [0, 0.1) is 0 Å². The van der Waals surface area contributed by atoms with E-state index in [4.69, 9.17) is 25.8 Å². The van der Waals surface area contributed by atoms with E-state index < -0.39 is 42.1 Å². The molecule has 16 heteroatoms. The van der Waals surface area contributed by atoms with E-state index in [2.05, 4.69) is 0 Å². The second kappa shape index (κ2) is 15.3. The number of amides is 3. The molecule has 0 aliphatic carbocycles. The molecule has 0 atom stereocenters. The van der Waals surface area contributed by atoms with Gasteiger partial charge in [0.1, 0.15) is 29.9 Å². The van der Waals surface area contributed by atoms with Gasteiger partial charge >= 0.3 is 25.2 Å². The fourth-order valence-electron chi connectivity index (χ4n) is 6.48. The summed E-state index contributed by atoms with van der Waals surface area (Å²) in [5.41, 5.74) is -0.506. The van der Waals surface area contributed by atoms with Gasteiger partial charge in [0.15, 0.2) is 0 Å². The fraction of sp³-hybridized carbons (Fsp3) is 0.526. The Morgan fingerprint density at radius 2 is 1.07 bits per heavy atom. The summed E-state index contributed by atoms with van der Waals surface area (Å²) in [7, 11) is 0. The van der Waals surface area contributed by atoms with E-state index in [1.54, 1.807) is 85.4 Å². The first-order chi connectivity index (χ1) is 25.1. The number of rotatable bonds is 1. The highest BCUT2D eigenvalue weighted by Gasteiger charge is 2.51. The highest BCUT2D eigenvalue weighted by Crippen LogP contribution is 2.41. The van der Waals surface area contributed by atoms with E-state index in [0.29, 0.717) is 17.0 Å². The number of aromatic nitrogens is 1. The van der Waals surface area contributed by atoms with Crippen LogP contribution in [-0.4, -0.2) is 129 Å². The molecule has 2 aromatic rings. The summed E-state index contributed by atoms with van der Waals surface area (Å²) in [5.74, 6) is 0.180. The zero-order chi connectivity index (χ0) is 39.8. The van der Waals surface area contributed by atoms with E-state index >= 15 is 8.63 Å². The lowest BCUT2D eigenvalue weighted by Gasteiger charge is -2.38. The second-order valence-corrected chi connectivity index (χ2v) is 17.0. The molecule has 54 heavy (non-hydrogen) atoms. The van der Waals surface area contributed by atoms with Crippen molar-refractivity contribution in [3.8, 4) is 0 Å². The van der Waals surface area contributed by atoms with Crippen LogP contribution in [0.5, 0.6) is 0 Å². The number of fused-ring (bicyclic) bond motifs is 2. The molecular weight excluding hydrogens is 721 g/mol. The Hall–Kier alpha value is -4.53. The molecule has 294 valence electrons. The highest BCUT2D eigenvalue weighted by atomic mass is 35.5. The first-order valence-corrected chi connectivity index (χ1v) is 18.7. The molecule has 0 N–H and O–H groups in total. The van der Waals surface area contributed by atoms with Crippen molar-refractivity contribution in [2.45, 2.75) is 79.1 Å². The summed E-state index contributed by atoms with van der Waals surface area (Å²) in [6, 6.07) is 12.4. The molecule has 1 saturated heterocycles. The third-order valence-corrected chi connectivity index (χ3v) is 9.11. The van der Waals surface area contributed by atoms with Gasteiger partial charge in [-0.15, -0.1) is 0 Å². The van der Waals surface area contributed by atoms with Gasteiger partial charge in [-0.05, 0) is 86.1 Å². The Morgan fingerprint density at radius 1 is 0.648 bits per heavy atom. The number of amidine groups is 1. The molecule has 5 rings (SSSR count). The minimum Gasteiger partial charge on any atom is -0.444 e. The molecule has 3 amide bonds. The van der Waals surface area contributed by atoms with Crippen molar-refractivity contribution >= 4 is 48.3 Å². The standard InChI is InChI=1S/C38H52BClF2N6O6/c1-36(2,3)52-33(49)44-21-19-43(20-22-45(34(50)53-37(4,5)6)24-26-46(25-23-44)35(51)54-38(7,8)9)31-18-16-29-32(27-13-11-10-12-14-27)28-15-17-30(40)47(28)39(41,42)48(29)31/h10-18H,19-26H2,1-9H3. The van der Waals surface area contributed by atoms with Crippen molar-refractivity contribution in [2.24, 2.45) is 0 Å². The third-order valence-electron chi connectivity index (χ3n) is 8.80.